The number of ether oxygens (including phenoxy) is 2. The van der Waals surface area contributed by atoms with Gasteiger partial charge < -0.3 is 9.47 Å². The maximum Gasteiger partial charge on any atom is 0.303 e. The first-order chi connectivity index (χ1) is 12.5. The molecule has 4 rings (SSSR count). The number of esters is 2. The fraction of sp³-hybridized carbons (Fsp3) is 0.273. The number of benzene rings is 3. The summed E-state index contributed by atoms with van der Waals surface area (Å²) >= 11 is 0. The molecule has 0 fully saturated rings. The third-order valence-corrected chi connectivity index (χ3v) is 5.03. The van der Waals surface area contributed by atoms with Gasteiger partial charge in [0.2, 0.25) is 0 Å². The van der Waals surface area contributed by atoms with Crippen LogP contribution in [-0.4, -0.2) is 18.0 Å². The highest BCUT2D eigenvalue weighted by molar-refractivity contribution is 6.10. The lowest BCUT2D eigenvalue weighted by molar-refractivity contribution is -0.164. The molecule has 0 bridgehead atoms. The number of aryl methyl sites for hydroxylation is 1. The van der Waals surface area contributed by atoms with E-state index in [1.165, 1.54) is 30.0 Å². The van der Waals surface area contributed by atoms with Gasteiger partial charge in [-0.05, 0) is 39.6 Å². The summed E-state index contributed by atoms with van der Waals surface area (Å²) in [7, 11) is 0. The summed E-state index contributed by atoms with van der Waals surface area (Å²) in [4.78, 5) is 23.1. The van der Waals surface area contributed by atoms with Crippen molar-refractivity contribution in [2.45, 2.75) is 39.4 Å². The second-order valence-electron chi connectivity index (χ2n) is 6.85. The lowest BCUT2D eigenvalue weighted by Gasteiger charge is -2.20. The van der Waals surface area contributed by atoms with Gasteiger partial charge >= 0.3 is 11.9 Å². The van der Waals surface area contributed by atoms with Crippen LogP contribution in [0.3, 0.4) is 0 Å². The summed E-state index contributed by atoms with van der Waals surface area (Å²) in [5.41, 5.74) is 3.15. The minimum atomic E-state index is -0.555. The molecule has 0 unspecified atom stereocenters. The van der Waals surface area contributed by atoms with E-state index in [9.17, 15) is 9.59 Å². The van der Waals surface area contributed by atoms with E-state index in [-0.39, 0.29) is 11.9 Å². The van der Waals surface area contributed by atoms with Crippen LogP contribution < -0.4 is 0 Å². The molecule has 1 aliphatic carbocycles. The zero-order valence-corrected chi connectivity index (χ0v) is 15.0. The standard InChI is InChI=1S/C22H20O4/c1-12-10-19-18(11-20(25-13(2)23)22(19)26-14(3)24)17-9-8-15-6-4-5-7-16(15)21(12)17/h4-10,20,22H,11H2,1-3H3/t20-,22+/m0/s1. The molecule has 0 amide bonds. The van der Waals surface area contributed by atoms with Crippen LogP contribution in [0.25, 0.3) is 21.5 Å². The van der Waals surface area contributed by atoms with Gasteiger partial charge in [0.05, 0.1) is 0 Å². The minimum absolute atomic E-state index is 0.369. The van der Waals surface area contributed by atoms with Crippen LogP contribution in [-0.2, 0) is 25.5 Å². The Hall–Kier alpha value is -2.88. The van der Waals surface area contributed by atoms with Crippen LogP contribution in [0.2, 0.25) is 0 Å². The van der Waals surface area contributed by atoms with E-state index < -0.39 is 12.2 Å². The minimum Gasteiger partial charge on any atom is -0.458 e. The SMILES string of the molecule is CC(=O)O[C@H]1Cc2c(cc(C)c3c2ccc2ccccc23)[C@H]1OC(C)=O. The van der Waals surface area contributed by atoms with Gasteiger partial charge in [0.1, 0.15) is 6.10 Å². The predicted octanol–water partition coefficient (Wildman–Crippen LogP) is 4.39. The zero-order valence-electron chi connectivity index (χ0n) is 15.0. The van der Waals surface area contributed by atoms with E-state index in [0.29, 0.717) is 6.42 Å². The average Bonchev–Trinajstić information content (AvgIpc) is 2.91. The molecule has 4 heteroatoms. The summed E-state index contributed by atoms with van der Waals surface area (Å²) in [5, 5.41) is 4.72. The van der Waals surface area contributed by atoms with Gasteiger partial charge in [-0.15, -0.1) is 0 Å². The average molecular weight is 348 g/mol. The molecule has 0 N–H and O–H groups in total. The second kappa shape index (κ2) is 6.13. The van der Waals surface area contributed by atoms with E-state index in [0.717, 1.165) is 22.1 Å². The monoisotopic (exact) mass is 348 g/mol. The topological polar surface area (TPSA) is 52.6 Å². The Morgan fingerprint density at radius 1 is 0.962 bits per heavy atom. The molecule has 0 aromatic heterocycles. The van der Waals surface area contributed by atoms with Crippen LogP contribution in [0.15, 0.2) is 42.5 Å². The molecular weight excluding hydrogens is 328 g/mol. The van der Waals surface area contributed by atoms with Gasteiger partial charge in [-0.25, -0.2) is 0 Å². The molecule has 3 aromatic rings. The third-order valence-electron chi connectivity index (χ3n) is 5.03. The maximum atomic E-state index is 11.6. The normalized spacial score (nSPS) is 18.7. The number of carbonyl (C=O) groups excluding carboxylic acids is 2. The van der Waals surface area contributed by atoms with Crippen LogP contribution in [0, 0.1) is 6.92 Å². The maximum absolute atomic E-state index is 11.6. The Bertz CT molecular complexity index is 1050. The van der Waals surface area contributed by atoms with E-state index >= 15 is 0 Å². The number of hydrogen-bond acceptors (Lipinski definition) is 4. The Balaban J connectivity index is 1.96. The van der Waals surface area contributed by atoms with Gasteiger partial charge in [-0.1, -0.05) is 42.5 Å². The molecule has 0 spiro atoms. The number of carbonyl (C=O) groups is 2. The van der Waals surface area contributed by atoms with E-state index in [2.05, 4.69) is 37.3 Å². The molecule has 3 aromatic carbocycles. The van der Waals surface area contributed by atoms with Gasteiger partial charge in [0.25, 0.3) is 0 Å². The summed E-state index contributed by atoms with van der Waals surface area (Å²) in [5.74, 6) is -0.748. The first-order valence-electron chi connectivity index (χ1n) is 8.74. The van der Waals surface area contributed by atoms with Crippen LogP contribution >= 0.6 is 0 Å². The van der Waals surface area contributed by atoms with Gasteiger partial charge in [0, 0.05) is 25.8 Å². The Kier molecular flexibility index (Phi) is 3.91. The number of fused-ring (bicyclic) bond motifs is 5. The quantitative estimate of drug-likeness (QED) is 0.509. The fourth-order valence-corrected chi connectivity index (χ4v) is 4.12. The molecule has 2 atom stereocenters. The molecule has 132 valence electrons. The largest absolute Gasteiger partial charge is 0.458 e. The van der Waals surface area contributed by atoms with Crippen LogP contribution in [0.4, 0.5) is 0 Å². The van der Waals surface area contributed by atoms with Crippen molar-refractivity contribution in [2.75, 3.05) is 0 Å². The summed E-state index contributed by atoms with van der Waals surface area (Å²) < 4.78 is 11.0. The summed E-state index contributed by atoms with van der Waals surface area (Å²) in [6.07, 6.45) is -0.494. The second-order valence-corrected chi connectivity index (χ2v) is 6.85. The Morgan fingerprint density at radius 3 is 2.42 bits per heavy atom. The van der Waals surface area contributed by atoms with Crippen molar-refractivity contribution in [3.05, 3.63) is 59.2 Å². The van der Waals surface area contributed by atoms with E-state index in [4.69, 9.17) is 9.47 Å². The van der Waals surface area contributed by atoms with Crippen molar-refractivity contribution < 1.29 is 19.1 Å². The molecule has 0 saturated heterocycles. The summed E-state index contributed by atoms with van der Waals surface area (Å²) in [6.45, 7) is 4.83. The molecule has 4 nitrogen and oxygen atoms in total. The fourth-order valence-electron chi connectivity index (χ4n) is 4.12. The first-order valence-corrected chi connectivity index (χ1v) is 8.74. The lowest BCUT2D eigenvalue weighted by atomic mass is 9.92. The molecule has 0 saturated carbocycles. The van der Waals surface area contributed by atoms with Gasteiger partial charge in [0.15, 0.2) is 6.10 Å². The van der Waals surface area contributed by atoms with Crippen molar-refractivity contribution in [3.8, 4) is 0 Å². The zero-order chi connectivity index (χ0) is 18.4. The summed E-state index contributed by atoms with van der Waals surface area (Å²) in [6, 6.07) is 14.6. The number of hydrogen-bond donors (Lipinski definition) is 0. The van der Waals surface area contributed by atoms with Gasteiger partial charge in [-0.3, -0.25) is 9.59 Å². The molecule has 0 heterocycles. The highest BCUT2D eigenvalue weighted by Gasteiger charge is 2.38. The predicted molar refractivity (Wildman–Crippen MR) is 100.0 cm³/mol. The van der Waals surface area contributed by atoms with Crippen LogP contribution in [0.1, 0.15) is 36.6 Å². The van der Waals surface area contributed by atoms with E-state index in [1.807, 2.05) is 12.1 Å². The van der Waals surface area contributed by atoms with E-state index in [1.54, 1.807) is 0 Å². The highest BCUT2D eigenvalue weighted by atomic mass is 16.6. The smallest absolute Gasteiger partial charge is 0.303 e. The van der Waals surface area contributed by atoms with Crippen molar-refractivity contribution in [1.82, 2.24) is 0 Å². The molecule has 26 heavy (non-hydrogen) atoms. The molecule has 1 aliphatic rings. The third kappa shape index (κ3) is 2.62. The Morgan fingerprint density at radius 2 is 1.69 bits per heavy atom. The number of rotatable bonds is 2. The van der Waals surface area contributed by atoms with Crippen LogP contribution in [0.5, 0.6) is 0 Å². The Labute approximate surface area is 151 Å². The van der Waals surface area contributed by atoms with Crippen molar-refractivity contribution >= 4 is 33.5 Å². The highest BCUT2D eigenvalue weighted by Crippen LogP contribution is 2.43. The van der Waals surface area contributed by atoms with Crippen molar-refractivity contribution in [2.24, 2.45) is 0 Å². The van der Waals surface area contributed by atoms with Crippen molar-refractivity contribution in [3.63, 3.8) is 0 Å². The van der Waals surface area contributed by atoms with Crippen molar-refractivity contribution in [1.29, 1.82) is 0 Å². The molecule has 0 radical (unpaired) electrons. The molecule has 0 aliphatic heterocycles. The van der Waals surface area contributed by atoms with Gasteiger partial charge in [-0.2, -0.15) is 0 Å². The first kappa shape index (κ1) is 16.6. The lowest BCUT2D eigenvalue weighted by Crippen LogP contribution is -2.24. The molecular formula is C22H20O4.